The molecule has 1 saturated heterocycles. The standard InChI is InChI=1S/C13H19F3N4/c1-19(8-9-20-6-4-17-5-7-20)12-10-11(2-3-18-12)13(14,15)16/h2-3,10,17H,4-9H2,1H3. The van der Waals surface area contributed by atoms with Gasteiger partial charge in [-0.25, -0.2) is 4.98 Å². The Kier molecular flexibility index (Phi) is 4.82. The van der Waals surface area contributed by atoms with Crippen molar-refractivity contribution in [2.45, 2.75) is 6.18 Å². The number of halogens is 3. The summed E-state index contributed by atoms with van der Waals surface area (Å²) >= 11 is 0. The summed E-state index contributed by atoms with van der Waals surface area (Å²) in [5.74, 6) is 0.356. The first kappa shape index (κ1) is 15.1. The van der Waals surface area contributed by atoms with Crippen molar-refractivity contribution in [1.82, 2.24) is 15.2 Å². The molecule has 1 aliphatic rings. The number of hydrogen-bond donors (Lipinski definition) is 1. The molecule has 0 amide bonds. The van der Waals surface area contributed by atoms with E-state index in [1.807, 2.05) is 0 Å². The van der Waals surface area contributed by atoms with Crippen molar-refractivity contribution >= 4 is 5.82 Å². The van der Waals surface area contributed by atoms with Crippen LogP contribution >= 0.6 is 0 Å². The Morgan fingerprint density at radius 3 is 2.70 bits per heavy atom. The Hall–Kier alpha value is -1.34. The molecule has 7 heteroatoms. The van der Waals surface area contributed by atoms with E-state index < -0.39 is 11.7 Å². The fourth-order valence-electron chi connectivity index (χ4n) is 2.14. The predicted octanol–water partition coefficient (Wildman–Crippen LogP) is 1.44. The lowest BCUT2D eigenvalue weighted by Crippen LogP contribution is -2.46. The third-order valence-electron chi connectivity index (χ3n) is 3.43. The molecular formula is C13H19F3N4. The number of alkyl halides is 3. The number of anilines is 1. The van der Waals surface area contributed by atoms with Gasteiger partial charge in [0.25, 0.3) is 0 Å². The summed E-state index contributed by atoms with van der Waals surface area (Å²) in [5.41, 5.74) is -0.656. The topological polar surface area (TPSA) is 31.4 Å². The van der Waals surface area contributed by atoms with Gasteiger partial charge in [-0.3, -0.25) is 4.90 Å². The average Bonchev–Trinajstić information content (AvgIpc) is 2.45. The molecular weight excluding hydrogens is 269 g/mol. The van der Waals surface area contributed by atoms with E-state index in [0.29, 0.717) is 12.4 Å². The lowest BCUT2D eigenvalue weighted by molar-refractivity contribution is -0.137. The highest BCUT2D eigenvalue weighted by Gasteiger charge is 2.31. The van der Waals surface area contributed by atoms with E-state index >= 15 is 0 Å². The number of aromatic nitrogens is 1. The van der Waals surface area contributed by atoms with Crippen LogP contribution in [-0.2, 0) is 6.18 Å². The lowest BCUT2D eigenvalue weighted by Gasteiger charge is -2.29. The molecule has 0 bridgehead atoms. The van der Waals surface area contributed by atoms with Crippen LogP contribution in [0.4, 0.5) is 19.0 Å². The monoisotopic (exact) mass is 288 g/mol. The van der Waals surface area contributed by atoms with Gasteiger partial charge < -0.3 is 10.2 Å². The summed E-state index contributed by atoms with van der Waals surface area (Å²) in [6.07, 6.45) is -3.11. The molecule has 0 unspecified atom stereocenters. The van der Waals surface area contributed by atoms with Crippen LogP contribution in [0, 0.1) is 0 Å². The summed E-state index contributed by atoms with van der Waals surface area (Å²) in [7, 11) is 1.77. The highest BCUT2D eigenvalue weighted by atomic mass is 19.4. The van der Waals surface area contributed by atoms with Gasteiger partial charge in [-0.05, 0) is 12.1 Å². The molecule has 20 heavy (non-hydrogen) atoms. The smallest absolute Gasteiger partial charge is 0.358 e. The van der Waals surface area contributed by atoms with Crippen molar-refractivity contribution in [1.29, 1.82) is 0 Å². The third kappa shape index (κ3) is 4.08. The molecule has 1 fully saturated rings. The van der Waals surface area contributed by atoms with Crippen molar-refractivity contribution in [2.75, 3.05) is 51.2 Å². The second-order valence-electron chi connectivity index (χ2n) is 4.91. The van der Waals surface area contributed by atoms with Crippen molar-refractivity contribution in [3.05, 3.63) is 23.9 Å². The molecule has 2 heterocycles. The van der Waals surface area contributed by atoms with E-state index in [9.17, 15) is 13.2 Å². The number of pyridine rings is 1. The van der Waals surface area contributed by atoms with E-state index in [4.69, 9.17) is 0 Å². The maximum absolute atomic E-state index is 12.6. The number of likely N-dealkylation sites (N-methyl/N-ethyl adjacent to an activating group) is 1. The van der Waals surface area contributed by atoms with Crippen molar-refractivity contribution in [3.63, 3.8) is 0 Å². The molecule has 0 atom stereocenters. The minimum atomic E-state index is -4.32. The first-order chi connectivity index (χ1) is 9.47. The molecule has 4 nitrogen and oxygen atoms in total. The minimum Gasteiger partial charge on any atom is -0.358 e. The molecule has 2 rings (SSSR count). The van der Waals surface area contributed by atoms with E-state index in [0.717, 1.165) is 44.9 Å². The Balaban J connectivity index is 1.93. The quantitative estimate of drug-likeness (QED) is 0.908. The molecule has 0 spiro atoms. The summed E-state index contributed by atoms with van der Waals surface area (Å²) < 4.78 is 37.9. The molecule has 1 N–H and O–H groups in total. The maximum atomic E-state index is 12.6. The van der Waals surface area contributed by atoms with Crippen LogP contribution in [0.2, 0.25) is 0 Å². The predicted molar refractivity (Wildman–Crippen MR) is 71.8 cm³/mol. The van der Waals surface area contributed by atoms with Crippen LogP contribution in [-0.4, -0.2) is 56.2 Å². The van der Waals surface area contributed by atoms with Crippen LogP contribution in [0.1, 0.15) is 5.56 Å². The summed E-state index contributed by atoms with van der Waals surface area (Å²) in [6.45, 7) is 5.37. The Morgan fingerprint density at radius 2 is 2.05 bits per heavy atom. The van der Waals surface area contributed by atoms with Gasteiger partial charge in [0.15, 0.2) is 0 Å². The van der Waals surface area contributed by atoms with Crippen molar-refractivity contribution < 1.29 is 13.2 Å². The molecule has 0 aliphatic carbocycles. The van der Waals surface area contributed by atoms with Crippen molar-refractivity contribution in [2.24, 2.45) is 0 Å². The number of rotatable bonds is 4. The van der Waals surface area contributed by atoms with E-state index in [1.165, 1.54) is 6.20 Å². The first-order valence-corrected chi connectivity index (χ1v) is 6.64. The first-order valence-electron chi connectivity index (χ1n) is 6.64. The molecule has 112 valence electrons. The number of hydrogen-bond acceptors (Lipinski definition) is 4. The van der Waals surface area contributed by atoms with Crippen LogP contribution in [0.3, 0.4) is 0 Å². The molecule has 0 saturated carbocycles. The van der Waals surface area contributed by atoms with Gasteiger partial charge in [0.05, 0.1) is 5.56 Å². The molecule has 0 aromatic carbocycles. The van der Waals surface area contributed by atoms with Crippen LogP contribution < -0.4 is 10.2 Å². The number of nitrogens with one attached hydrogen (secondary N) is 1. The number of piperazine rings is 1. The highest BCUT2D eigenvalue weighted by molar-refractivity contribution is 5.40. The zero-order valence-electron chi connectivity index (χ0n) is 11.5. The van der Waals surface area contributed by atoms with Crippen LogP contribution in [0.25, 0.3) is 0 Å². The van der Waals surface area contributed by atoms with E-state index in [1.54, 1.807) is 11.9 Å². The Bertz CT molecular complexity index is 430. The van der Waals surface area contributed by atoms with E-state index in [-0.39, 0.29) is 0 Å². The van der Waals surface area contributed by atoms with Crippen LogP contribution in [0.5, 0.6) is 0 Å². The largest absolute Gasteiger partial charge is 0.416 e. The van der Waals surface area contributed by atoms with Gasteiger partial charge in [-0.15, -0.1) is 0 Å². The van der Waals surface area contributed by atoms with E-state index in [2.05, 4.69) is 15.2 Å². The van der Waals surface area contributed by atoms with Crippen molar-refractivity contribution in [3.8, 4) is 0 Å². The summed E-state index contributed by atoms with van der Waals surface area (Å²) in [6, 6.07) is 2.09. The Morgan fingerprint density at radius 1 is 1.35 bits per heavy atom. The van der Waals surface area contributed by atoms with Gasteiger partial charge in [0.1, 0.15) is 5.82 Å². The maximum Gasteiger partial charge on any atom is 0.416 e. The second kappa shape index (κ2) is 6.41. The fourth-order valence-corrected chi connectivity index (χ4v) is 2.14. The number of nitrogens with zero attached hydrogens (tertiary/aromatic N) is 3. The highest BCUT2D eigenvalue weighted by Crippen LogP contribution is 2.30. The van der Waals surface area contributed by atoms with Gasteiger partial charge in [-0.2, -0.15) is 13.2 Å². The zero-order chi connectivity index (χ0) is 14.6. The average molecular weight is 288 g/mol. The minimum absolute atomic E-state index is 0.356. The molecule has 1 aromatic rings. The molecule has 1 aromatic heterocycles. The second-order valence-corrected chi connectivity index (χ2v) is 4.91. The normalized spacial score (nSPS) is 17.2. The molecule has 0 radical (unpaired) electrons. The Labute approximate surface area is 116 Å². The van der Waals surface area contributed by atoms with Gasteiger partial charge in [0.2, 0.25) is 0 Å². The molecule has 1 aliphatic heterocycles. The lowest BCUT2D eigenvalue weighted by atomic mass is 10.2. The summed E-state index contributed by atoms with van der Waals surface area (Å²) in [5, 5.41) is 3.27. The zero-order valence-corrected chi connectivity index (χ0v) is 11.5. The van der Waals surface area contributed by atoms with Gasteiger partial charge >= 0.3 is 6.18 Å². The SMILES string of the molecule is CN(CCN1CCNCC1)c1cc(C(F)(F)F)ccn1. The summed E-state index contributed by atoms with van der Waals surface area (Å²) in [4.78, 5) is 8.07. The van der Waals surface area contributed by atoms with Crippen LogP contribution in [0.15, 0.2) is 18.3 Å². The van der Waals surface area contributed by atoms with Gasteiger partial charge in [-0.1, -0.05) is 0 Å². The fraction of sp³-hybridized carbons (Fsp3) is 0.615. The van der Waals surface area contributed by atoms with Gasteiger partial charge in [0, 0.05) is 52.5 Å². The third-order valence-corrected chi connectivity index (χ3v) is 3.43.